The highest BCUT2D eigenvalue weighted by molar-refractivity contribution is 8.40. The highest BCUT2D eigenvalue weighted by Gasteiger charge is 2.65. The molecule has 0 aliphatic heterocycles. The van der Waals surface area contributed by atoms with Crippen molar-refractivity contribution in [1.82, 2.24) is 0 Å². The van der Waals surface area contributed by atoms with Crippen LogP contribution in [0, 0.1) is 0 Å². The van der Waals surface area contributed by atoms with Gasteiger partial charge in [-0.25, -0.2) is 0 Å². The monoisotopic (exact) mass is 804 g/mol. The Morgan fingerprint density at radius 2 is 0.219 bits per heavy atom. The summed E-state index contributed by atoms with van der Waals surface area (Å²) < 4.78 is 0. The highest BCUT2D eigenvalue weighted by Crippen LogP contribution is 2.26. The van der Waals surface area contributed by atoms with E-state index in [-0.39, 0.29) is 0 Å². The van der Waals surface area contributed by atoms with Crippen molar-refractivity contribution in [2.24, 2.45) is 0 Å². The SMILES string of the molecule is [B][B]B(B([B])[B])B(B([B])[B])B(B(B(B([B])[B])B([B])[B])B(B([B])[B])B([B])[B])B(B(B(B([B])[B])B([B])[B])B(B([B])[B])B([B])[B])B(B(B(B([B])[B])B([B])[B])B(B([B])[B])B([B])[B])B(B(B([B])[B])B([B])[B])B(B([B])[B])B([B])[B]. The van der Waals surface area contributed by atoms with Gasteiger partial charge in [0.2, 0.25) is 0 Å². The van der Waals surface area contributed by atoms with Crippen LogP contribution >= 0.6 is 0 Å². The fraction of sp³-hybridized carbons (Fsp3) is 0. The molecule has 0 unspecified atom stereocenters. The molecule has 0 aromatic rings. The van der Waals surface area contributed by atoms with Gasteiger partial charge in [0.15, 0.2) is 0 Å². The summed E-state index contributed by atoms with van der Waals surface area (Å²) >= 11 is 0. The maximum atomic E-state index is 7.02. The second-order valence-electron chi connectivity index (χ2n) is 20.4. The van der Waals surface area contributed by atoms with Crippen LogP contribution < -0.4 is 0 Å². The van der Waals surface area contributed by atoms with Crippen LogP contribution in [0.3, 0.4) is 0 Å². The van der Waals surface area contributed by atoms with Crippen LogP contribution in [0.4, 0.5) is 0 Å². The minimum atomic E-state index is -1.76. The second-order valence-corrected chi connectivity index (χ2v) is 20.4. The quantitative estimate of drug-likeness (QED) is 0.0561. The van der Waals surface area contributed by atoms with Gasteiger partial charge in [0.25, 0.3) is 0 Å². The summed E-state index contributed by atoms with van der Waals surface area (Å²) in [5, 5.41) is 0. The standard InChI is InChI=1S/B73/c1-38-57(39(2)3)66(56(36)37)71(67(58(40(4)5)41(6)7)59(42(8)9)43(10)11)73(70(64(52(28)29)53(30)31)65(54(32)33)55(34)35)72(68(60(44(12)13)45(14)15)61(46(16)17)47(18)19)69(62(48(20)21)49(22)23)63(50(24)25)51(26)27. The second kappa shape index (κ2) is 35.9. The molecule has 0 aliphatic carbocycles. The average Bonchev–Trinajstić information content (AvgIpc) is 3.17. The minimum Gasteiger partial charge on any atom is 0 e. The summed E-state index contributed by atoms with van der Waals surface area (Å²) in [5.74, 6) is 0. The van der Waals surface area contributed by atoms with E-state index in [2.05, 4.69) is 0 Å². The fourth-order valence-corrected chi connectivity index (χ4v) is 12.8. The highest BCUT2D eigenvalue weighted by atomic mass is 13.5. The molecule has 73 heavy (non-hydrogen) atoms. The van der Waals surface area contributed by atoms with E-state index in [0.29, 0.717) is 0 Å². The summed E-state index contributed by atoms with van der Waals surface area (Å²) in [7, 11) is 252. The van der Waals surface area contributed by atoms with Crippen LogP contribution in [0.25, 0.3) is 0 Å². The molecule has 73 heteroatoms. The molecule has 0 nitrogen and oxygen atoms in total. The van der Waals surface area contributed by atoms with Gasteiger partial charge in [-0.05, 0) is 0 Å². The van der Waals surface area contributed by atoms with E-state index in [1.807, 2.05) is 0 Å². The number of rotatable bonds is 35. The van der Waals surface area contributed by atoms with E-state index >= 15 is 0 Å². The summed E-state index contributed by atoms with van der Waals surface area (Å²) in [6.45, 7) is 0. The Bertz CT molecular complexity index is 1200. The Hall–Kier alpha value is 4.74. The van der Waals surface area contributed by atoms with E-state index in [0.717, 1.165) is 7.06 Å². The van der Waals surface area contributed by atoms with Crippen molar-refractivity contribution in [3.63, 3.8) is 0 Å². The maximum absolute atomic E-state index is 7.02. The number of hydrogen-bond acceptors (Lipinski definition) is 0. The van der Waals surface area contributed by atoms with Gasteiger partial charge in [0.1, 0.15) is 0 Å². The van der Waals surface area contributed by atoms with Crippen molar-refractivity contribution in [3.05, 3.63) is 0 Å². The van der Waals surface area contributed by atoms with Crippen LogP contribution in [-0.2, 0) is 0 Å². The lowest BCUT2D eigenvalue weighted by Gasteiger charge is -2.60. The van der Waals surface area contributed by atoms with E-state index in [4.69, 9.17) is 286 Å². The third kappa shape index (κ3) is 21.0. The zero-order chi connectivity index (χ0) is 57.9. The predicted octanol–water partition coefficient (Wildman–Crippen LogP) is -27.8. The first-order valence-corrected chi connectivity index (χ1v) is 24.0. The van der Waals surface area contributed by atoms with Crippen LogP contribution in [0.5, 0.6) is 0 Å². The summed E-state index contributed by atoms with van der Waals surface area (Å²) in [6, 6.07) is 0. The molecule has 0 bridgehead atoms. The first-order chi connectivity index (χ1) is 33.2. The summed E-state index contributed by atoms with van der Waals surface area (Å²) in [4.78, 5) is 0. The van der Waals surface area contributed by atoms with Crippen molar-refractivity contribution >= 4 is 517 Å². The maximum Gasteiger partial charge on any atom is 0 e. The molecule has 0 rings (SSSR count). The zero-order valence-electron chi connectivity index (χ0n) is 42.1. The van der Waals surface area contributed by atoms with Crippen molar-refractivity contribution in [1.29, 1.82) is 0 Å². The molecule has 0 aliphatic rings. The fourth-order valence-electron chi connectivity index (χ4n) is 12.8. The minimum absolute atomic E-state index is 1.11. The molecule has 0 N–H and O–H groups in total. The van der Waals surface area contributed by atoms with Gasteiger partial charge in [-0.15, -0.1) is 0 Å². The predicted molar refractivity (Wildman–Crippen MR) is 420 cm³/mol. The molecule has 219 valence electrons. The Labute approximate surface area is 512 Å². The first kappa shape index (κ1) is 77.7. The van der Waals surface area contributed by atoms with Gasteiger partial charge < -0.3 is 0 Å². The van der Waals surface area contributed by atoms with Crippen LogP contribution in [0.1, 0.15) is 0 Å². The molecular formula is B73. The molecular weight excluding hydrogens is 789 g/mol. The van der Waals surface area contributed by atoms with Gasteiger partial charge in [-0.3, -0.25) is 0 Å². The number of hydrogen-bond donors (Lipinski definition) is 0. The van der Waals surface area contributed by atoms with E-state index < -0.39 is 223 Å². The average molecular weight is 789 g/mol. The zero-order valence-corrected chi connectivity index (χ0v) is 42.1. The third-order valence-electron chi connectivity index (χ3n) is 15.3. The first-order valence-electron chi connectivity index (χ1n) is 24.0. The van der Waals surface area contributed by atoms with Gasteiger partial charge in [0, 0.05) is 517 Å². The molecule has 0 aromatic carbocycles. The Morgan fingerprint density at radius 3 is 0.301 bits per heavy atom. The molecule has 0 fully saturated rings. The summed E-state index contributed by atoms with van der Waals surface area (Å²) in [5.41, 5.74) is 0. The van der Waals surface area contributed by atoms with Crippen molar-refractivity contribution in [2.75, 3.05) is 0 Å². The lowest BCUT2D eigenvalue weighted by Crippen LogP contribution is -2.99. The van der Waals surface area contributed by atoms with Crippen LogP contribution in [0.2, 0.25) is 0 Å². The molecule has 0 atom stereocenters. The smallest absolute Gasteiger partial charge is 0 e. The van der Waals surface area contributed by atoms with Gasteiger partial charge in [0.05, 0.1) is 0 Å². The van der Waals surface area contributed by atoms with Crippen molar-refractivity contribution in [3.8, 4) is 0 Å². The van der Waals surface area contributed by atoms with Crippen LogP contribution in [-0.4, -0.2) is 517 Å². The largest absolute Gasteiger partial charge is 0 e. The normalized spacial score (nSPS) is 9.75. The van der Waals surface area contributed by atoms with Crippen LogP contribution in [0.15, 0.2) is 0 Å². The molecule has 0 saturated carbocycles. The van der Waals surface area contributed by atoms with Gasteiger partial charge >= 0.3 is 0 Å². The lowest BCUT2D eigenvalue weighted by atomic mass is 8.21. The Morgan fingerprint density at radius 1 is 0.123 bits per heavy atom. The molecule has 0 amide bonds. The van der Waals surface area contributed by atoms with E-state index in [1.165, 1.54) is 0 Å². The molecule has 0 heterocycles. The lowest BCUT2D eigenvalue weighted by molar-refractivity contribution is 3.15. The van der Waals surface area contributed by atoms with E-state index in [9.17, 15) is 0 Å². The van der Waals surface area contributed by atoms with Crippen molar-refractivity contribution < 1.29 is 0 Å². The summed E-state index contributed by atoms with van der Waals surface area (Å²) in [6.07, 6.45) is -55.1. The molecule has 0 saturated heterocycles. The molecule has 0 spiro atoms. The van der Waals surface area contributed by atoms with Crippen molar-refractivity contribution in [2.45, 2.75) is 0 Å². The molecule has 75 radical (unpaired) electrons. The Kier molecular flexibility index (Phi) is 38.2. The topological polar surface area (TPSA) is 0 Å². The molecule has 0 aromatic heterocycles. The third-order valence-corrected chi connectivity index (χ3v) is 15.3. The van der Waals surface area contributed by atoms with Gasteiger partial charge in [-0.2, -0.15) is 0 Å². The van der Waals surface area contributed by atoms with E-state index in [1.54, 1.807) is 0 Å². The van der Waals surface area contributed by atoms with Gasteiger partial charge in [-0.1, -0.05) is 0 Å². The Balaban J connectivity index is 12.0.